The molecule has 168 valence electrons. The van der Waals surface area contributed by atoms with E-state index in [0.29, 0.717) is 16.3 Å². The molecule has 0 saturated carbocycles. The second-order valence-corrected chi connectivity index (χ2v) is 7.64. The second kappa shape index (κ2) is 10.6. The van der Waals surface area contributed by atoms with Crippen LogP contribution in [-0.2, 0) is 9.53 Å². The van der Waals surface area contributed by atoms with Gasteiger partial charge in [-0.3, -0.25) is 14.9 Å². The molecule has 2 N–H and O–H groups in total. The van der Waals surface area contributed by atoms with Gasteiger partial charge in [0.1, 0.15) is 0 Å². The number of halogens is 1. The van der Waals surface area contributed by atoms with Gasteiger partial charge in [-0.15, -0.1) is 0 Å². The first-order valence-electron chi connectivity index (χ1n) is 9.99. The van der Waals surface area contributed by atoms with Gasteiger partial charge in [0.05, 0.1) is 5.56 Å². The van der Waals surface area contributed by atoms with Crippen LogP contribution < -0.4 is 10.6 Å². The lowest BCUT2D eigenvalue weighted by Gasteiger charge is -2.11. The van der Waals surface area contributed by atoms with Crippen LogP contribution in [0.15, 0.2) is 66.7 Å². The first-order valence-corrected chi connectivity index (χ1v) is 10.4. The fourth-order valence-corrected chi connectivity index (χ4v) is 3.15. The maximum absolute atomic E-state index is 12.8. The average molecular weight is 465 g/mol. The summed E-state index contributed by atoms with van der Waals surface area (Å²) in [5.41, 5.74) is 2.89. The normalized spacial score (nSPS) is 10.3. The van der Waals surface area contributed by atoms with Gasteiger partial charge in [0.15, 0.2) is 12.4 Å². The molecule has 0 atom stereocenters. The molecule has 0 aliphatic carbocycles. The molecular formula is C25H21ClN2O5. The van der Waals surface area contributed by atoms with Gasteiger partial charge in [-0.25, -0.2) is 9.59 Å². The number of ketones is 1. The molecule has 0 aliphatic rings. The Morgan fingerprint density at radius 3 is 2.21 bits per heavy atom. The van der Waals surface area contributed by atoms with E-state index in [2.05, 4.69) is 10.6 Å². The van der Waals surface area contributed by atoms with E-state index in [1.165, 1.54) is 12.1 Å². The number of urea groups is 1. The maximum atomic E-state index is 12.8. The van der Waals surface area contributed by atoms with Gasteiger partial charge in [0.25, 0.3) is 5.91 Å². The molecule has 0 spiro atoms. The molecule has 0 saturated heterocycles. The molecule has 3 aromatic rings. The summed E-state index contributed by atoms with van der Waals surface area (Å²) in [6.45, 7) is 3.05. The summed E-state index contributed by atoms with van der Waals surface area (Å²) in [4.78, 5) is 49.5. The summed E-state index contributed by atoms with van der Waals surface area (Å²) < 4.78 is 5.03. The van der Waals surface area contributed by atoms with Crippen molar-refractivity contribution in [2.24, 2.45) is 0 Å². The highest BCUT2D eigenvalue weighted by atomic mass is 35.5. The topological polar surface area (TPSA) is 102 Å². The molecule has 33 heavy (non-hydrogen) atoms. The maximum Gasteiger partial charge on any atom is 0.339 e. The molecule has 0 heterocycles. The number of esters is 1. The third kappa shape index (κ3) is 6.05. The van der Waals surface area contributed by atoms with Gasteiger partial charge in [-0.1, -0.05) is 41.9 Å². The van der Waals surface area contributed by atoms with Crippen LogP contribution in [0.4, 0.5) is 10.5 Å². The second-order valence-electron chi connectivity index (χ2n) is 7.21. The molecule has 0 radical (unpaired) electrons. The molecule has 0 bridgehead atoms. The fourth-order valence-electron chi connectivity index (χ4n) is 3.03. The zero-order valence-electron chi connectivity index (χ0n) is 18.0. The minimum atomic E-state index is -0.863. The van der Waals surface area contributed by atoms with Gasteiger partial charge in [-0.05, 0) is 61.4 Å². The summed E-state index contributed by atoms with van der Waals surface area (Å²) in [5.74, 6) is -2.07. The zero-order valence-corrected chi connectivity index (χ0v) is 18.7. The number of rotatable bonds is 6. The van der Waals surface area contributed by atoms with Crippen LogP contribution in [0.25, 0.3) is 0 Å². The first-order chi connectivity index (χ1) is 15.8. The van der Waals surface area contributed by atoms with Crippen LogP contribution in [0.3, 0.4) is 0 Å². The van der Waals surface area contributed by atoms with E-state index in [-0.39, 0.29) is 11.1 Å². The molecule has 3 aromatic carbocycles. The van der Waals surface area contributed by atoms with Gasteiger partial charge < -0.3 is 10.1 Å². The molecule has 0 aromatic heterocycles. The number of imide groups is 1. The van der Waals surface area contributed by atoms with Crippen molar-refractivity contribution < 1.29 is 23.9 Å². The first kappa shape index (κ1) is 23.7. The standard InChI is InChI=1S/C25H21ClN2O5/c1-15-6-5-9-21(16(15)2)27-25(32)28-22(29)14-33-24(31)20-8-4-3-7-19(20)23(30)17-10-12-18(26)13-11-17/h3-13H,14H2,1-2H3,(H2,27,28,29,32). The van der Waals surface area contributed by atoms with Crippen molar-refractivity contribution >= 4 is 41.0 Å². The summed E-state index contributed by atoms with van der Waals surface area (Å²) in [6, 6.07) is 17.0. The highest BCUT2D eigenvalue weighted by Crippen LogP contribution is 2.19. The fraction of sp³-hybridized carbons (Fsp3) is 0.120. The third-order valence-electron chi connectivity index (χ3n) is 4.94. The highest BCUT2D eigenvalue weighted by molar-refractivity contribution is 6.30. The van der Waals surface area contributed by atoms with Crippen LogP contribution in [0.1, 0.15) is 37.4 Å². The van der Waals surface area contributed by atoms with Crippen molar-refractivity contribution in [1.82, 2.24) is 5.32 Å². The monoisotopic (exact) mass is 464 g/mol. The molecular weight excluding hydrogens is 444 g/mol. The Kier molecular flexibility index (Phi) is 7.58. The molecule has 3 amide bonds. The van der Waals surface area contributed by atoms with Crippen LogP contribution in [0.2, 0.25) is 5.02 Å². The SMILES string of the molecule is Cc1cccc(NC(=O)NC(=O)COC(=O)c2ccccc2C(=O)c2ccc(Cl)cc2)c1C. The number of carbonyl (C=O) groups excluding carboxylic acids is 4. The van der Waals surface area contributed by atoms with E-state index in [1.54, 1.807) is 48.5 Å². The van der Waals surface area contributed by atoms with Gasteiger partial charge >= 0.3 is 12.0 Å². The Balaban J connectivity index is 1.61. The predicted molar refractivity (Wildman–Crippen MR) is 125 cm³/mol. The third-order valence-corrected chi connectivity index (χ3v) is 5.19. The quantitative estimate of drug-likeness (QED) is 0.407. The van der Waals surface area contributed by atoms with E-state index in [9.17, 15) is 19.2 Å². The number of hydrogen-bond donors (Lipinski definition) is 2. The Morgan fingerprint density at radius 1 is 0.848 bits per heavy atom. The number of amides is 3. The number of carbonyl (C=O) groups is 4. The minimum Gasteiger partial charge on any atom is -0.452 e. The van der Waals surface area contributed by atoms with E-state index in [4.69, 9.17) is 16.3 Å². The van der Waals surface area contributed by atoms with E-state index in [0.717, 1.165) is 11.1 Å². The molecule has 0 aliphatic heterocycles. The van der Waals surface area contributed by atoms with Crippen molar-refractivity contribution in [2.75, 3.05) is 11.9 Å². The van der Waals surface area contributed by atoms with E-state index < -0.39 is 30.3 Å². The van der Waals surface area contributed by atoms with Gasteiger partial charge in [0, 0.05) is 21.8 Å². The molecule has 8 heteroatoms. The van der Waals surface area contributed by atoms with Crippen molar-refractivity contribution in [2.45, 2.75) is 13.8 Å². The summed E-state index contributed by atoms with van der Waals surface area (Å²) in [5, 5.41) is 5.17. The van der Waals surface area contributed by atoms with Crippen molar-refractivity contribution in [3.8, 4) is 0 Å². The minimum absolute atomic E-state index is 0.00471. The van der Waals surface area contributed by atoms with Crippen molar-refractivity contribution in [1.29, 1.82) is 0 Å². The largest absolute Gasteiger partial charge is 0.452 e. The molecule has 7 nitrogen and oxygen atoms in total. The number of ether oxygens (including phenoxy) is 1. The number of hydrogen-bond acceptors (Lipinski definition) is 5. The number of aryl methyl sites for hydroxylation is 1. The Hall–Kier alpha value is -3.97. The van der Waals surface area contributed by atoms with Crippen molar-refractivity contribution in [3.05, 3.63) is 99.6 Å². The van der Waals surface area contributed by atoms with Crippen LogP contribution in [0, 0.1) is 13.8 Å². The Bertz CT molecular complexity index is 1220. The Labute approximate surface area is 195 Å². The lowest BCUT2D eigenvalue weighted by molar-refractivity contribution is -0.123. The smallest absolute Gasteiger partial charge is 0.339 e. The number of anilines is 1. The summed E-state index contributed by atoms with van der Waals surface area (Å²) in [7, 11) is 0. The highest BCUT2D eigenvalue weighted by Gasteiger charge is 2.20. The lowest BCUT2D eigenvalue weighted by Crippen LogP contribution is -2.37. The van der Waals surface area contributed by atoms with E-state index >= 15 is 0 Å². The zero-order chi connectivity index (χ0) is 24.0. The summed E-state index contributed by atoms with van der Waals surface area (Å²) in [6.07, 6.45) is 0. The van der Waals surface area contributed by atoms with Crippen LogP contribution >= 0.6 is 11.6 Å². The summed E-state index contributed by atoms with van der Waals surface area (Å²) >= 11 is 5.86. The van der Waals surface area contributed by atoms with E-state index in [1.807, 2.05) is 19.9 Å². The molecule has 3 rings (SSSR count). The number of benzene rings is 3. The lowest BCUT2D eigenvalue weighted by atomic mass is 9.98. The molecule has 0 fully saturated rings. The average Bonchev–Trinajstić information content (AvgIpc) is 2.80. The van der Waals surface area contributed by atoms with Crippen LogP contribution in [-0.4, -0.2) is 30.3 Å². The predicted octanol–water partition coefficient (Wildman–Crippen LogP) is 4.69. The number of nitrogens with one attached hydrogen (secondary N) is 2. The van der Waals surface area contributed by atoms with Gasteiger partial charge in [-0.2, -0.15) is 0 Å². The van der Waals surface area contributed by atoms with Crippen molar-refractivity contribution in [3.63, 3.8) is 0 Å². The van der Waals surface area contributed by atoms with Gasteiger partial charge in [0.2, 0.25) is 0 Å². The Morgan fingerprint density at radius 2 is 1.52 bits per heavy atom. The van der Waals surface area contributed by atoms with Crippen LogP contribution in [0.5, 0.6) is 0 Å². The molecule has 0 unspecified atom stereocenters.